The van der Waals surface area contributed by atoms with Gasteiger partial charge in [-0.3, -0.25) is 19.3 Å². The predicted octanol–water partition coefficient (Wildman–Crippen LogP) is 2.68. The number of ether oxygens (including phenoxy) is 1. The first-order valence-corrected chi connectivity index (χ1v) is 9.47. The fraction of sp³-hybridized carbons (Fsp3) is 0.500. The number of carbonyl (C=O) groups is 3. The minimum Gasteiger partial charge on any atom is -0.494 e. The van der Waals surface area contributed by atoms with E-state index in [2.05, 4.69) is 5.32 Å². The number of anilines is 1. The number of nitrogens with zero attached hydrogens (tertiary/aromatic N) is 1. The Balaban J connectivity index is 2.02. The van der Waals surface area contributed by atoms with Crippen molar-refractivity contribution in [2.45, 2.75) is 44.1 Å². The SMILES string of the molecule is CCOc1ccc(NC(=O)CN2C(=O)[C@@H](CC)S[C@H](CC)C2=O)cc1. The average Bonchev–Trinajstić information content (AvgIpc) is 2.61. The van der Waals surface area contributed by atoms with Gasteiger partial charge in [0.05, 0.1) is 17.1 Å². The van der Waals surface area contributed by atoms with Gasteiger partial charge < -0.3 is 10.1 Å². The average molecular weight is 364 g/mol. The summed E-state index contributed by atoms with van der Waals surface area (Å²) >= 11 is 1.40. The van der Waals surface area contributed by atoms with Crippen LogP contribution in [0.1, 0.15) is 33.6 Å². The molecule has 1 heterocycles. The highest BCUT2D eigenvalue weighted by Gasteiger charge is 2.40. The predicted molar refractivity (Wildman–Crippen MR) is 98.7 cm³/mol. The zero-order valence-electron chi connectivity index (χ0n) is 14.8. The summed E-state index contributed by atoms with van der Waals surface area (Å²) in [5.74, 6) is -0.217. The summed E-state index contributed by atoms with van der Waals surface area (Å²) in [6.07, 6.45) is 1.29. The molecule has 0 spiro atoms. The molecule has 2 atom stereocenters. The molecule has 1 aliphatic heterocycles. The highest BCUT2D eigenvalue weighted by molar-refractivity contribution is 8.02. The Labute approximate surface area is 152 Å². The molecule has 1 fully saturated rings. The van der Waals surface area contributed by atoms with Gasteiger partial charge in [0.2, 0.25) is 17.7 Å². The number of rotatable bonds is 7. The lowest BCUT2D eigenvalue weighted by Gasteiger charge is -2.34. The van der Waals surface area contributed by atoms with Crippen LogP contribution < -0.4 is 10.1 Å². The molecule has 1 N–H and O–H groups in total. The maximum atomic E-state index is 12.4. The molecule has 136 valence electrons. The Morgan fingerprint density at radius 2 is 1.64 bits per heavy atom. The van der Waals surface area contributed by atoms with E-state index in [0.717, 1.165) is 10.6 Å². The molecule has 7 heteroatoms. The number of benzene rings is 1. The molecular formula is C18H24N2O4S. The van der Waals surface area contributed by atoms with Gasteiger partial charge in [-0.1, -0.05) is 13.8 Å². The quantitative estimate of drug-likeness (QED) is 0.753. The smallest absolute Gasteiger partial charge is 0.244 e. The number of hydrogen-bond acceptors (Lipinski definition) is 5. The van der Waals surface area contributed by atoms with Gasteiger partial charge in [-0.15, -0.1) is 11.8 Å². The van der Waals surface area contributed by atoms with Crippen LogP contribution in [-0.4, -0.2) is 46.3 Å². The summed E-state index contributed by atoms with van der Waals surface area (Å²) in [5, 5.41) is 2.19. The molecule has 2 rings (SSSR count). The van der Waals surface area contributed by atoms with E-state index in [1.54, 1.807) is 24.3 Å². The monoisotopic (exact) mass is 364 g/mol. The Morgan fingerprint density at radius 3 is 2.12 bits per heavy atom. The van der Waals surface area contributed by atoms with E-state index in [4.69, 9.17) is 4.74 Å². The van der Waals surface area contributed by atoms with Crippen LogP contribution in [0.3, 0.4) is 0 Å². The number of carbonyl (C=O) groups excluding carboxylic acids is 3. The second-order valence-corrected chi connectivity index (χ2v) is 7.11. The molecule has 0 bridgehead atoms. The lowest BCUT2D eigenvalue weighted by Crippen LogP contribution is -2.53. The zero-order chi connectivity index (χ0) is 18.4. The molecule has 0 unspecified atom stereocenters. The summed E-state index contributed by atoms with van der Waals surface area (Å²) in [6.45, 7) is 6.04. The highest BCUT2D eigenvalue weighted by Crippen LogP contribution is 2.31. The van der Waals surface area contributed by atoms with E-state index in [1.807, 2.05) is 20.8 Å². The van der Waals surface area contributed by atoms with Crippen LogP contribution in [0.25, 0.3) is 0 Å². The largest absolute Gasteiger partial charge is 0.494 e. The number of nitrogens with one attached hydrogen (secondary N) is 1. The Hall–Kier alpha value is -2.02. The molecule has 0 saturated carbocycles. The third-order valence-electron chi connectivity index (χ3n) is 3.90. The zero-order valence-corrected chi connectivity index (χ0v) is 15.6. The summed E-state index contributed by atoms with van der Waals surface area (Å²) < 4.78 is 5.35. The molecule has 0 radical (unpaired) electrons. The Bertz CT molecular complexity index is 610. The lowest BCUT2D eigenvalue weighted by molar-refractivity contribution is -0.147. The fourth-order valence-corrected chi connectivity index (χ4v) is 3.88. The number of imide groups is 1. The Kier molecular flexibility index (Phi) is 6.87. The summed E-state index contributed by atoms with van der Waals surface area (Å²) in [7, 11) is 0. The number of thioether (sulfide) groups is 1. The normalized spacial score (nSPS) is 20.5. The van der Waals surface area contributed by atoms with E-state index in [-0.39, 0.29) is 34.8 Å². The fourth-order valence-electron chi connectivity index (χ4n) is 2.61. The van der Waals surface area contributed by atoms with Gasteiger partial charge in [0, 0.05) is 5.69 Å². The summed E-state index contributed by atoms with van der Waals surface area (Å²) in [5.41, 5.74) is 0.596. The van der Waals surface area contributed by atoms with Crippen LogP contribution in [0.5, 0.6) is 5.75 Å². The third-order valence-corrected chi connectivity index (χ3v) is 5.63. The van der Waals surface area contributed by atoms with Gasteiger partial charge >= 0.3 is 0 Å². The molecule has 0 aromatic heterocycles. The second kappa shape index (κ2) is 8.89. The van der Waals surface area contributed by atoms with Crippen molar-refractivity contribution < 1.29 is 19.1 Å². The van der Waals surface area contributed by atoms with E-state index >= 15 is 0 Å². The molecule has 0 aliphatic carbocycles. The van der Waals surface area contributed by atoms with Crippen LogP contribution in [0.15, 0.2) is 24.3 Å². The molecular weight excluding hydrogens is 340 g/mol. The van der Waals surface area contributed by atoms with Gasteiger partial charge in [-0.25, -0.2) is 0 Å². The first-order chi connectivity index (χ1) is 12.0. The van der Waals surface area contributed by atoms with Crippen molar-refractivity contribution in [3.8, 4) is 5.75 Å². The van der Waals surface area contributed by atoms with Gasteiger partial charge in [0.25, 0.3) is 0 Å². The first kappa shape index (κ1) is 19.3. The first-order valence-electron chi connectivity index (χ1n) is 8.53. The van der Waals surface area contributed by atoms with Crippen LogP contribution in [0.2, 0.25) is 0 Å². The van der Waals surface area contributed by atoms with Crippen molar-refractivity contribution in [3.63, 3.8) is 0 Å². The van der Waals surface area contributed by atoms with E-state index in [9.17, 15) is 14.4 Å². The Morgan fingerprint density at radius 1 is 1.08 bits per heavy atom. The molecule has 25 heavy (non-hydrogen) atoms. The number of amides is 3. The minimum atomic E-state index is -0.387. The number of hydrogen-bond donors (Lipinski definition) is 1. The topological polar surface area (TPSA) is 75.7 Å². The molecule has 3 amide bonds. The standard InChI is InChI=1S/C18H24N2O4S/c1-4-14-17(22)20(18(23)15(5-2)25-14)11-16(21)19-12-7-9-13(10-8-12)24-6-3/h7-10,14-15H,4-6,11H2,1-3H3,(H,19,21)/t14-,15-/m1/s1. The van der Waals surface area contributed by atoms with Gasteiger partial charge in [0.1, 0.15) is 12.3 Å². The van der Waals surface area contributed by atoms with Gasteiger partial charge in [-0.2, -0.15) is 0 Å². The lowest BCUT2D eigenvalue weighted by atomic mass is 10.2. The molecule has 1 aliphatic rings. The third kappa shape index (κ3) is 4.75. The van der Waals surface area contributed by atoms with Gasteiger partial charge in [-0.05, 0) is 44.0 Å². The van der Waals surface area contributed by atoms with Crippen molar-refractivity contribution in [1.82, 2.24) is 4.90 Å². The minimum absolute atomic E-state index is 0.252. The summed E-state index contributed by atoms with van der Waals surface area (Å²) in [4.78, 5) is 38.2. The van der Waals surface area contributed by atoms with Crippen molar-refractivity contribution in [3.05, 3.63) is 24.3 Å². The van der Waals surface area contributed by atoms with E-state index in [0.29, 0.717) is 25.1 Å². The van der Waals surface area contributed by atoms with Gasteiger partial charge in [0.15, 0.2) is 0 Å². The van der Waals surface area contributed by atoms with Crippen molar-refractivity contribution in [2.75, 3.05) is 18.5 Å². The maximum Gasteiger partial charge on any atom is 0.244 e. The highest BCUT2D eigenvalue weighted by atomic mass is 32.2. The van der Waals surface area contributed by atoms with Crippen molar-refractivity contribution >= 4 is 35.2 Å². The maximum absolute atomic E-state index is 12.4. The molecule has 1 saturated heterocycles. The van der Waals surface area contributed by atoms with Crippen molar-refractivity contribution in [2.24, 2.45) is 0 Å². The van der Waals surface area contributed by atoms with Crippen LogP contribution in [0, 0.1) is 0 Å². The van der Waals surface area contributed by atoms with E-state index in [1.165, 1.54) is 11.8 Å². The molecule has 1 aromatic rings. The van der Waals surface area contributed by atoms with Crippen LogP contribution >= 0.6 is 11.8 Å². The second-order valence-electron chi connectivity index (χ2n) is 5.70. The summed E-state index contributed by atoms with van der Waals surface area (Å²) in [6, 6.07) is 6.96. The van der Waals surface area contributed by atoms with E-state index < -0.39 is 0 Å². The van der Waals surface area contributed by atoms with Crippen LogP contribution in [0.4, 0.5) is 5.69 Å². The van der Waals surface area contributed by atoms with Crippen LogP contribution in [-0.2, 0) is 14.4 Å². The van der Waals surface area contributed by atoms with Crippen molar-refractivity contribution in [1.29, 1.82) is 0 Å². The molecule has 1 aromatic carbocycles. The molecule has 6 nitrogen and oxygen atoms in total.